The van der Waals surface area contributed by atoms with Gasteiger partial charge in [0.05, 0.1) is 12.2 Å². The minimum absolute atomic E-state index is 0.207. The Bertz CT molecular complexity index is 855. The Morgan fingerprint density at radius 2 is 2.12 bits per heavy atom. The van der Waals surface area contributed by atoms with Gasteiger partial charge < -0.3 is 9.32 Å². The summed E-state index contributed by atoms with van der Waals surface area (Å²) in [4.78, 5) is 11.1. The molecule has 0 radical (unpaired) electrons. The molecular weight excluding hydrogens is 305 g/mol. The first kappa shape index (κ1) is 14.9. The first-order valence-electron chi connectivity index (χ1n) is 8.03. The van der Waals surface area contributed by atoms with Gasteiger partial charge in [0.25, 0.3) is 0 Å². The summed E-state index contributed by atoms with van der Waals surface area (Å²) < 4.78 is 19.7. The molecule has 3 heterocycles. The number of anilines is 1. The van der Waals surface area contributed by atoms with Gasteiger partial charge in [-0.1, -0.05) is 13.0 Å². The summed E-state index contributed by atoms with van der Waals surface area (Å²) in [6.45, 7) is 5.38. The average molecular weight is 323 g/mol. The molecule has 0 N–H and O–H groups in total. The van der Waals surface area contributed by atoms with Gasteiger partial charge in [-0.3, -0.25) is 4.98 Å². The highest BCUT2D eigenvalue weighted by Crippen LogP contribution is 2.34. The first-order chi connectivity index (χ1) is 11.6. The van der Waals surface area contributed by atoms with E-state index in [-0.39, 0.29) is 11.7 Å². The number of rotatable bonds is 2. The van der Waals surface area contributed by atoms with Crippen LogP contribution in [0.5, 0.6) is 0 Å². The third kappa shape index (κ3) is 2.66. The molecule has 5 heteroatoms. The van der Waals surface area contributed by atoms with Crippen LogP contribution in [0.4, 0.5) is 10.1 Å². The summed E-state index contributed by atoms with van der Waals surface area (Å²) in [6.07, 6.45) is 1.73. The van der Waals surface area contributed by atoms with E-state index >= 15 is 0 Å². The van der Waals surface area contributed by atoms with E-state index in [4.69, 9.17) is 4.42 Å². The van der Waals surface area contributed by atoms with E-state index in [0.29, 0.717) is 12.4 Å². The third-order valence-corrected chi connectivity index (χ3v) is 4.30. The number of aryl methyl sites for hydroxylation is 1. The van der Waals surface area contributed by atoms with Gasteiger partial charge in [0.15, 0.2) is 0 Å². The Hall–Kier alpha value is -2.69. The van der Waals surface area contributed by atoms with Crippen LogP contribution in [-0.2, 0) is 6.54 Å². The fourth-order valence-corrected chi connectivity index (χ4v) is 3.21. The molecular formula is C19H18FN3O. The smallest absolute Gasteiger partial charge is 0.245 e. The van der Waals surface area contributed by atoms with Crippen LogP contribution < -0.4 is 4.90 Å². The van der Waals surface area contributed by atoms with E-state index in [1.807, 2.05) is 31.2 Å². The van der Waals surface area contributed by atoms with E-state index in [1.165, 1.54) is 6.07 Å². The van der Waals surface area contributed by atoms with Crippen LogP contribution in [0.15, 0.2) is 47.0 Å². The number of pyridine rings is 1. The van der Waals surface area contributed by atoms with Crippen molar-refractivity contribution in [3.05, 3.63) is 65.4 Å². The Morgan fingerprint density at radius 1 is 1.25 bits per heavy atom. The van der Waals surface area contributed by atoms with Gasteiger partial charge in [0, 0.05) is 24.3 Å². The van der Waals surface area contributed by atoms with Crippen molar-refractivity contribution in [3.8, 4) is 11.6 Å². The van der Waals surface area contributed by atoms with Gasteiger partial charge in [0.1, 0.15) is 17.3 Å². The van der Waals surface area contributed by atoms with Gasteiger partial charge in [0.2, 0.25) is 5.89 Å². The standard InChI is InChI=1S/C19H18FN3O/c1-12-7-14(20)9-15(8-12)23-10-13(2)18-17(11-23)24-19(22-18)16-5-3-4-6-21-16/h3-9,13H,10-11H2,1-2H3. The van der Waals surface area contributed by atoms with E-state index < -0.39 is 0 Å². The highest BCUT2D eigenvalue weighted by molar-refractivity contribution is 5.53. The minimum atomic E-state index is -0.213. The highest BCUT2D eigenvalue weighted by Gasteiger charge is 2.29. The van der Waals surface area contributed by atoms with Crippen molar-refractivity contribution >= 4 is 5.69 Å². The molecule has 1 aliphatic rings. The number of benzene rings is 1. The molecule has 0 amide bonds. The Labute approximate surface area is 140 Å². The monoisotopic (exact) mass is 323 g/mol. The summed E-state index contributed by atoms with van der Waals surface area (Å²) in [7, 11) is 0. The molecule has 1 aromatic carbocycles. The number of fused-ring (bicyclic) bond motifs is 1. The van der Waals surface area contributed by atoms with E-state index in [1.54, 1.807) is 12.3 Å². The lowest BCUT2D eigenvalue weighted by Gasteiger charge is -2.31. The topological polar surface area (TPSA) is 42.2 Å². The van der Waals surface area contributed by atoms with Crippen molar-refractivity contribution in [2.45, 2.75) is 26.3 Å². The summed E-state index contributed by atoms with van der Waals surface area (Å²) in [5, 5.41) is 0. The largest absolute Gasteiger partial charge is 0.438 e. The third-order valence-electron chi connectivity index (χ3n) is 4.30. The zero-order valence-electron chi connectivity index (χ0n) is 13.7. The second-order valence-electron chi connectivity index (χ2n) is 6.31. The van der Waals surface area contributed by atoms with Gasteiger partial charge >= 0.3 is 0 Å². The Morgan fingerprint density at radius 3 is 2.88 bits per heavy atom. The number of hydrogen-bond acceptors (Lipinski definition) is 4. The normalized spacial score (nSPS) is 17.0. The lowest BCUT2D eigenvalue weighted by atomic mass is 10.0. The van der Waals surface area contributed by atoms with Gasteiger partial charge in [-0.2, -0.15) is 0 Å². The maximum absolute atomic E-state index is 13.7. The van der Waals surface area contributed by atoms with E-state index in [0.717, 1.165) is 34.9 Å². The van der Waals surface area contributed by atoms with Crippen molar-refractivity contribution < 1.29 is 8.81 Å². The molecule has 122 valence electrons. The fourth-order valence-electron chi connectivity index (χ4n) is 3.21. The molecule has 0 fully saturated rings. The van der Waals surface area contributed by atoms with Crippen LogP contribution in [0.3, 0.4) is 0 Å². The number of hydrogen-bond donors (Lipinski definition) is 0. The molecule has 0 bridgehead atoms. The maximum Gasteiger partial charge on any atom is 0.245 e. The molecule has 24 heavy (non-hydrogen) atoms. The van der Waals surface area contributed by atoms with Gasteiger partial charge in [-0.05, 0) is 42.8 Å². The molecule has 1 aliphatic heterocycles. The summed E-state index contributed by atoms with van der Waals surface area (Å²) in [5.41, 5.74) is 3.49. The van der Waals surface area contributed by atoms with Crippen molar-refractivity contribution in [1.29, 1.82) is 0 Å². The molecule has 0 saturated carbocycles. The maximum atomic E-state index is 13.7. The molecule has 1 atom stereocenters. The van der Waals surface area contributed by atoms with Crippen LogP contribution in [-0.4, -0.2) is 16.5 Å². The zero-order valence-corrected chi connectivity index (χ0v) is 13.7. The van der Waals surface area contributed by atoms with Gasteiger partial charge in [-0.25, -0.2) is 9.37 Å². The molecule has 0 spiro atoms. The van der Waals surface area contributed by atoms with Crippen LogP contribution in [0.2, 0.25) is 0 Å². The van der Waals surface area contributed by atoms with E-state index in [9.17, 15) is 4.39 Å². The number of oxazole rings is 1. The Kier molecular flexibility index (Phi) is 3.56. The Balaban J connectivity index is 1.68. The second-order valence-corrected chi connectivity index (χ2v) is 6.31. The highest BCUT2D eigenvalue weighted by atomic mass is 19.1. The lowest BCUT2D eigenvalue weighted by Crippen LogP contribution is -2.32. The molecule has 3 aromatic rings. The first-order valence-corrected chi connectivity index (χ1v) is 8.03. The minimum Gasteiger partial charge on any atom is -0.438 e. The van der Waals surface area contributed by atoms with E-state index in [2.05, 4.69) is 21.8 Å². The predicted molar refractivity (Wildman–Crippen MR) is 90.3 cm³/mol. The summed E-state index contributed by atoms with van der Waals surface area (Å²) in [6, 6.07) is 10.8. The number of aromatic nitrogens is 2. The van der Waals surface area contributed by atoms with Crippen molar-refractivity contribution in [3.63, 3.8) is 0 Å². The average Bonchev–Trinajstić information content (AvgIpc) is 2.99. The number of halogens is 1. The van der Waals surface area contributed by atoms with Crippen molar-refractivity contribution in [2.75, 3.05) is 11.4 Å². The molecule has 0 aliphatic carbocycles. The predicted octanol–water partition coefficient (Wildman–Crippen LogP) is 4.31. The molecule has 2 aromatic heterocycles. The molecule has 1 unspecified atom stereocenters. The zero-order chi connectivity index (χ0) is 16.7. The molecule has 4 nitrogen and oxygen atoms in total. The molecule has 0 saturated heterocycles. The van der Waals surface area contributed by atoms with Crippen LogP contribution in [0, 0.1) is 12.7 Å². The van der Waals surface area contributed by atoms with Gasteiger partial charge in [-0.15, -0.1) is 0 Å². The summed E-state index contributed by atoms with van der Waals surface area (Å²) >= 11 is 0. The second kappa shape index (κ2) is 5.74. The number of nitrogens with zero attached hydrogens (tertiary/aromatic N) is 3. The van der Waals surface area contributed by atoms with Crippen molar-refractivity contribution in [2.24, 2.45) is 0 Å². The van der Waals surface area contributed by atoms with Crippen molar-refractivity contribution in [1.82, 2.24) is 9.97 Å². The SMILES string of the molecule is Cc1cc(F)cc(N2Cc3oc(-c4ccccn4)nc3C(C)C2)c1. The van der Waals surface area contributed by atoms with Crippen LogP contribution in [0.1, 0.15) is 29.9 Å². The van der Waals surface area contributed by atoms with Crippen LogP contribution in [0.25, 0.3) is 11.6 Å². The summed E-state index contributed by atoms with van der Waals surface area (Å²) in [5.74, 6) is 1.37. The van der Waals surface area contributed by atoms with Crippen LogP contribution >= 0.6 is 0 Å². The quantitative estimate of drug-likeness (QED) is 0.705. The lowest BCUT2D eigenvalue weighted by molar-refractivity contribution is 0.479. The fraction of sp³-hybridized carbons (Fsp3) is 0.263. The molecule has 4 rings (SSSR count).